The van der Waals surface area contributed by atoms with E-state index in [0.29, 0.717) is 5.69 Å². The first kappa shape index (κ1) is 14.3. The largest absolute Gasteiger partial charge is 0.406 e. The SMILES string of the molecule is NCCN(CC(F)(F)F)c1nnnn1-c1ccccc1. The van der Waals surface area contributed by atoms with Crippen molar-refractivity contribution < 1.29 is 13.2 Å². The van der Waals surface area contributed by atoms with Gasteiger partial charge in [0, 0.05) is 13.1 Å². The summed E-state index contributed by atoms with van der Waals surface area (Å²) < 4.78 is 39.0. The van der Waals surface area contributed by atoms with E-state index in [-0.39, 0.29) is 19.0 Å². The number of anilines is 1. The van der Waals surface area contributed by atoms with E-state index in [1.54, 1.807) is 30.3 Å². The van der Waals surface area contributed by atoms with Gasteiger partial charge < -0.3 is 10.6 Å². The molecular formula is C11H13F3N6. The van der Waals surface area contributed by atoms with E-state index < -0.39 is 12.7 Å². The van der Waals surface area contributed by atoms with Crippen LogP contribution in [-0.4, -0.2) is 46.0 Å². The molecule has 108 valence electrons. The fraction of sp³-hybridized carbons (Fsp3) is 0.364. The lowest BCUT2D eigenvalue weighted by atomic mass is 10.3. The molecule has 1 aromatic heterocycles. The van der Waals surface area contributed by atoms with Crippen molar-refractivity contribution in [2.24, 2.45) is 5.73 Å². The summed E-state index contributed by atoms with van der Waals surface area (Å²) in [7, 11) is 0. The van der Waals surface area contributed by atoms with Gasteiger partial charge >= 0.3 is 6.18 Å². The molecule has 1 aromatic carbocycles. The molecule has 0 aliphatic heterocycles. The van der Waals surface area contributed by atoms with Crippen LogP contribution >= 0.6 is 0 Å². The van der Waals surface area contributed by atoms with Gasteiger partial charge in [0.25, 0.3) is 5.95 Å². The van der Waals surface area contributed by atoms with Crippen LogP contribution in [0.25, 0.3) is 5.69 Å². The molecule has 0 fully saturated rings. The van der Waals surface area contributed by atoms with Gasteiger partial charge in [0.05, 0.1) is 5.69 Å². The Hall–Kier alpha value is -2.16. The highest BCUT2D eigenvalue weighted by molar-refractivity contribution is 5.40. The molecule has 0 saturated carbocycles. The number of benzene rings is 1. The summed E-state index contributed by atoms with van der Waals surface area (Å²) in [4.78, 5) is 1.01. The first-order valence-corrected chi connectivity index (χ1v) is 5.87. The van der Waals surface area contributed by atoms with Crippen molar-refractivity contribution in [3.63, 3.8) is 0 Å². The number of hydrogen-bond acceptors (Lipinski definition) is 5. The average molecular weight is 286 g/mol. The summed E-state index contributed by atoms with van der Waals surface area (Å²) in [6.45, 7) is -1.08. The smallest absolute Gasteiger partial charge is 0.329 e. The van der Waals surface area contributed by atoms with Crippen molar-refractivity contribution in [2.45, 2.75) is 6.18 Å². The molecule has 0 radical (unpaired) electrons. The maximum Gasteiger partial charge on any atom is 0.406 e. The van der Waals surface area contributed by atoms with Crippen molar-refractivity contribution in [3.8, 4) is 5.69 Å². The van der Waals surface area contributed by atoms with Crippen molar-refractivity contribution in [1.82, 2.24) is 20.2 Å². The Bertz CT molecular complexity index is 539. The summed E-state index contributed by atoms with van der Waals surface area (Å²) in [6.07, 6.45) is -4.36. The fourth-order valence-corrected chi connectivity index (χ4v) is 1.74. The predicted octanol–water partition coefficient (Wildman–Crippen LogP) is 0.990. The molecule has 0 atom stereocenters. The lowest BCUT2D eigenvalue weighted by Gasteiger charge is -2.23. The van der Waals surface area contributed by atoms with E-state index >= 15 is 0 Å². The monoisotopic (exact) mass is 286 g/mol. The molecule has 0 aliphatic carbocycles. The Balaban J connectivity index is 2.33. The number of aromatic nitrogens is 4. The second-order valence-electron chi connectivity index (χ2n) is 4.05. The van der Waals surface area contributed by atoms with Gasteiger partial charge in [-0.15, -0.1) is 0 Å². The van der Waals surface area contributed by atoms with Crippen molar-refractivity contribution in [3.05, 3.63) is 30.3 Å². The molecule has 0 bridgehead atoms. The second kappa shape index (κ2) is 5.87. The molecule has 0 saturated heterocycles. The summed E-state index contributed by atoms with van der Waals surface area (Å²) >= 11 is 0. The molecule has 2 rings (SSSR count). The molecule has 9 heteroatoms. The summed E-state index contributed by atoms with van der Waals surface area (Å²) in [5.41, 5.74) is 5.94. The number of hydrogen-bond donors (Lipinski definition) is 1. The van der Waals surface area contributed by atoms with E-state index in [0.717, 1.165) is 4.90 Å². The standard InChI is InChI=1S/C11H13F3N6/c12-11(13,14)8-19(7-6-15)10-16-17-18-20(10)9-4-2-1-3-5-9/h1-5H,6-8,15H2. The van der Waals surface area contributed by atoms with Crippen molar-refractivity contribution in [1.29, 1.82) is 0 Å². The van der Waals surface area contributed by atoms with Crippen LogP contribution in [0, 0.1) is 0 Å². The van der Waals surface area contributed by atoms with Gasteiger partial charge in [-0.1, -0.05) is 23.3 Å². The van der Waals surface area contributed by atoms with E-state index in [1.165, 1.54) is 4.68 Å². The highest BCUT2D eigenvalue weighted by Gasteiger charge is 2.32. The highest BCUT2D eigenvalue weighted by Crippen LogP contribution is 2.21. The number of rotatable bonds is 5. The summed E-state index contributed by atoms with van der Waals surface area (Å²) in [6, 6.07) is 8.69. The zero-order valence-electron chi connectivity index (χ0n) is 10.5. The normalized spacial score (nSPS) is 11.6. The lowest BCUT2D eigenvalue weighted by molar-refractivity contribution is -0.119. The number of nitrogens with two attached hydrogens (primary N) is 1. The molecule has 2 N–H and O–H groups in total. The highest BCUT2D eigenvalue weighted by atomic mass is 19.4. The van der Waals surface area contributed by atoms with E-state index in [1.807, 2.05) is 0 Å². The van der Waals surface area contributed by atoms with Crippen LogP contribution in [0.1, 0.15) is 0 Å². The second-order valence-corrected chi connectivity index (χ2v) is 4.05. The molecule has 1 heterocycles. The van der Waals surface area contributed by atoms with Crippen LogP contribution in [0.5, 0.6) is 0 Å². The Labute approximate surface area is 113 Å². The summed E-state index contributed by atoms with van der Waals surface area (Å²) in [5, 5.41) is 10.8. The lowest BCUT2D eigenvalue weighted by Crippen LogP contribution is -2.39. The predicted molar refractivity (Wildman–Crippen MR) is 66.5 cm³/mol. The van der Waals surface area contributed by atoms with Crippen LogP contribution in [0.15, 0.2) is 30.3 Å². The molecule has 0 amide bonds. The molecule has 0 spiro atoms. The third-order valence-electron chi connectivity index (χ3n) is 2.51. The van der Waals surface area contributed by atoms with Crippen molar-refractivity contribution >= 4 is 5.95 Å². The molecule has 2 aromatic rings. The van der Waals surface area contributed by atoms with Crippen LogP contribution < -0.4 is 10.6 Å². The van der Waals surface area contributed by atoms with E-state index in [9.17, 15) is 13.2 Å². The molecule has 6 nitrogen and oxygen atoms in total. The maximum atomic E-state index is 12.6. The number of tetrazole rings is 1. The van der Waals surface area contributed by atoms with Crippen LogP contribution in [0.4, 0.5) is 19.1 Å². The van der Waals surface area contributed by atoms with Gasteiger partial charge in [0.15, 0.2) is 0 Å². The van der Waals surface area contributed by atoms with Crippen molar-refractivity contribution in [2.75, 3.05) is 24.5 Å². The molecule has 0 aliphatic rings. The summed E-state index contributed by atoms with van der Waals surface area (Å²) in [5.74, 6) is 0.0129. The quantitative estimate of drug-likeness (QED) is 0.887. The van der Waals surface area contributed by atoms with Gasteiger partial charge in [0.2, 0.25) is 0 Å². The number of nitrogens with zero attached hydrogens (tertiary/aromatic N) is 5. The average Bonchev–Trinajstić information content (AvgIpc) is 2.87. The Morgan fingerprint density at radius 2 is 1.90 bits per heavy atom. The van der Waals surface area contributed by atoms with E-state index in [2.05, 4.69) is 15.5 Å². The molecular weight excluding hydrogens is 273 g/mol. The third kappa shape index (κ3) is 3.44. The van der Waals surface area contributed by atoms with Gasteiger partial charge in [-0.05, 0) is 22.6 Å². The van der Waals surface area contributed by atoms with Crippen LogP contribution in [0.3, 0.4) is 0 Å². The molecule has 20 heavy (non-hydrogen) atoms. The topological polar surface area (TPSA) is 72.9 Å². The van der Waals surface area contributed by atoms with Gasteiger partial charge in [0.1, 0.15) is 6.54 Å². The maximum absolute atomic E-state index is 12.6. The number of alkyl halides is 3. The molecule has 0 unspecified atom stereocenters. The minimum Gasteiger partial charge on any atom is -0.329 e. The fourth-order valence-electron chi connectivity index (χ4n) is 1.74. The Kier molecular flexibility index (Phi) is 4.18. The van der Waals surface area contributed by atoms with Crippen LogP contribution in [0.2, 0.25) is 0 Å². The minimum atomic E-state index is -4.36. The van der Waals surface area contributed by atoms with Gasteiger partial charge in [-0.25, -0.2) is 0 Å². The zero-order valence-corrected chi connectivity index (χ0v) is 10.5. The van der Waals surface area contributed by atoms with Crippen LogP contribution in [-0.2, 0) is 0 Å². The number of para-hydroxylation sites is 1. The van der Waals surface area contributed by atoms with Gasteiger partial charge in [-0.3, -0.25) is 0 Å². The van der Waals surface area contributed by atoms with E-state index in [4.69, 9.17) is 5.73 Å². The third-order valence-corrected chi connectivity index (χ3v) is 2.51. The van der Waals surface area contributed by atoms with Gasteiger partial charge in [-0.2, -0.15) is 17.9 Å². The Morgan fingerprint density at radius 3 is 2.50 bits per heavy atom. The first-order valence-electron chi connectivity index (χ1n) is 5.87. The minimum absolute atomic E-state index is 0.00666. The zero-order chi connectivity index (χ0) is 14.6. The number of halogens is 3. The Morgan fingerprint density at radius 1 is 1.20 bits per heavy atom. The first-order chi connectivity index (χ1) is 9.51.